The largest absolute Gasteiger partial charge is 0.508 e. The average molecular weight is 176 g/mol. The fraction of sp³-hybridized carbons (Fsp3) is 0.455. The van der Waals surface area contributed by atoms with Gasteiger partial charge in [-0.1, -0.05) is 18.2 Å². The minimum atomic E-state index is 0.439. The first-order valence-corrected chi connectivity index (χ1v) is 4.79. The van der Waals surface area contributed by atoms with E-state index >= 15 is 0 Å². The zero-order valence-electron chi connectivity index (χ0n) is 7.61. The summed E-state index contributed by atoms with van der Waals surface area (Å²) in [5, 5.41) is 13.9. The monoisotopic (exact) mass is 176 g/mol. The maximum Gasteiger partial charge on any atom is 0.119 e. The van der Waals surface area contributed by atoms with Crippen LogP contribution in [0.5, 0.6) is 5.75 Å². The van der Waals surface area contributed by atoms with Crippen LogP contribution in [-0.4, -0.2) is 18.2 Å². The highest BCUT2D eigenvalue weighted by Crippen LogP contribution is 2.31. The third-order valence-corrected chi connectivity index (χ3v) is 2.65. The van der Waals surface area contributed by atoms with Crippen molar-refractivity contribution in [2.24, 2.45) is 0 Å². The van der Waals surface area contributed by atoms with Crippen molar-refractivity contribution in [3.05, 3.63) is 29.8 Å². The van der Waals surface area contributed by atoms with Crippen molar-refractivity contribution in [3.8, 4) is 5.75 Å². The normalized spacial score (nSPS) is 18.8. The quantitative estimate of drug-likeness (QED) is 0.696. The SMILES string of the molecule is Oc1ccccc1C1CC[N]CC1. The maximum atomic E-state index is 9.63. The van der Waals surface area contributed by atoms with Crippen LogP contribution in [0.1, 0.15) is 24.3 Å². The van der Waals surface area contributed by atoms with E-state index < -0.39 is 0 Å². The maximum absolute atomic E-state index is 9.63. The minimum Gasteiger partial charge on any atom is -0.508 e. The second-order valence-electron chi connectivity index (χ2n) is 3.50. The van der Waals surface area contributed by atoms with Crippen LogP contribution in [0.25, 0.3) is 0 Å². The molecule has 1 saturated heterocycles. The molecule has 1 fully saturated rings. The molecule has 0 unspecified atom stereocenters. The fourth-order valence-electron chi connectivity index (χ4n) is 1.89. The first-order valence-electron chi connectivity index (χ1n) is 4.79. The molecule has 0 amide bonds. The molecule has 0 bridgehead atoms. The molecule has 1 N–H and O–H groups in total. The van der Waals surface area contributed by atoms with Gasteiger partial charge in [-0.05, 0) is 30.4 Å². The standard InChI is InChI=1S/C11H14NO/c13-11-4-2-1-3-10(11)9-5-7-12-8-6-9/h1-4,9,13H,5-8H2. The van der Waals surface area contributed by atoms with E-state index in [1.54, 1.807) is 6.07 Å². The van der Waals surface area contributed by atoms with Crippen LogP contribution < -0.4 is 5.32 Å². The van der Waals surface area contributed by atoms with Gasteiger partial charge in [0.25, 0.3) is 0 Å². The number of hydrogen-bond donors (Lipinski definition) is 1. The molecule has 1 aromatic rings. The number of nitrogens with zero attached hydrogens (tertiary/aromatic N) is 1. The van der Waals surface area contributed by atoms with Crippen molar-refractivity contribution >= 4 is 0 Å². The molecule has 1 aliphatic heterocycles. The van der Waals surface area contributed by atoms with E-state index in [1.165, 1.54) is 0 Å². The lowest BCUT2D eigenvalue weighted by Crippen LogP contribution is -2.20. The summed E-state index contributed by atoms with van der Waals surface area (Å²) < 4.78 is 0. The van der Waals surface area contributed by atoms with Crippen LogP contribution in [0.15, 0.2) is 24.3 Å². The summed E-state index contributed by atoms with van der Waals surface area (Å²) in [7, 11) is 0. The van der Waals surface area contributed by atoms with Crippen molar-refractivity contribution in [3.63, 3.8) is 0 Å². The Bertz CT molecular complexity index is 279. The predicted octanol–water partition coefficient (Wildman–Crippen LogP) is 1.87. The minimum absolute atomic E-state index is 0.439. The second kappa shape index (κ2) is 3.79. The summed E-state index contributed by atoms with van der Waals surface area (Å²) in [5.74, 6) is 0.952. The Labute approximate surface area is 78.6 Å². The number of phenolic OH excluding ortho intramolecular Hbond substituents is 1. The van der Waals surface area contributed by atoms with Gasteiger partial charge in [-0.25, -0.2) is 5.32 Å². The van der Waals surface area contributed by atoms with Crippen molar-refractivity contribution in [1.82, 2.24) is 5.32 Å². The summed E-state index contributed by atoms with van der Waals surface area (Å²) in [4.78, 5) is 0. The number of aromatic hydroxyl groups is 1. The van der Waals surface area contributed by atoms with Crippen LogP contribution in [0.3, 0.4) is 0 Å². The lowest BCUT2D eigenvalue weighted by atomic mass is 9.90. The number of benzene rings is 1. The zero-order chi connectivity index (χ0) is 9.10. The first-order chi connectivity index (χ1) is 6.38. The molecule has 0 aliphatic carbocycles. The number of para-hydroxylation sites is 1. The predicted molar refractivity (Wildman–Crippen MR) is 51.9 cm³/mol. The summed E-state index contributed by atoms with van der Waals surface area (Å²) in [6.07, 6.45) is 2.16. The van der Waals surface area contributed by atoms with Crippen LogP contribution >= 0.6 is 0 Å². The summed E-state index contributed by atoms with van der Waals surface area (Å²) >= 11 is 0. The number of rotatable bonds is 1. The summed E-state index contributed by atoms with van der Waals surface area (Å²) in [6.45, 7) is 1.89. The van der Waals surface area contributed by atoms with Gasteiger partial charge in [-0.3, -0.25) is 0 Å². The Morgan fingerprint density at radius 2 is 1.85 bits per heavy atom. The van der Waals surface area contributed by atoms with Gasteiger partial charge in [0.05, 0.1) is 0 Å². The summed E-state index contributed by atoms with van der Waals surface area (Å²) in [6, 6.07) is 7.64. The van der Waals surface area contributed by atoms with E-state index in [9.17, 15) is 5.11 Å². The molecule has 2 nitrogen and oxygen atoms in total. The van der Waals surface area contributed by atoms with Crippen molar-refractivity contribution < 1.29 is 5.11 Å². The Hall–Kier alpha value is -1.02. The lowest BCUT2D eigenvalue weighted by Gasteiger charge is -2.22. The molecule has 1 aromatic carbocycles. The average Bonchev–Trinajstić information content (AvgIpc) is 2.20. The van der Waals surface area contributed by atoms with E-state index in [0.717, 1.165) is 31.5 Å². The van der Waals surface area contributed by atoms with Gasteiger partial charge in [0.1, 0.15) is 5.75 Å². The van der Waals surface area contributed by atoms with Crippen molar-refractivity contribution in [2.45, 2.75) is 18.8 Å². The molecular weight excluding hydrogens is 162 g/mol. The van der Waals surface area contributed by atoms with Crippen molar-refractivity contribution in [2.75, 3.05) is 13.1 Å². The van der Waals surface area contributed by atoms with Gasteiger partial charge in [0.2, 0.25) is 0 Å². The topological polar surface area (TPSA) is 34.3 Å². The van der Waals surface area contributed by atoms with Crippen molar-refractivity contribution in [1.29, 1.82) is 0 Å². The molecular formula is C11H14NO. The number of hydrogen-bond acceptors (Lipinski definition) is 1. The Morgan fingerprint density at radius 1 is 1.15 bits per heavy atom. The molecule has 1 radical (unpaired) electrons. The van der Waals surface area contributed by atoms with E-state index in [4.69, 9.17) is 0 Å². The van der Waals surface area contributed by atoms with E-state index in [0.29, 0.717) is 11.7 Å². The van der Waals surface area contributed by atoms with Gasteiger partial charge in [-0.2, -0.15) is 0 Å². The molecule has 13 heavy (non-hydrogen) atoms. The smallest absolute Gasteiger partial charge is 0.119 e. The molecule has 0 spiro atoms. The van der Waals surface area contributed by atoms with Gasteiger partial charge >= 0.3 is 0 Å². The van der Waals surface area contributed by atoms with Gasteiger partial charge < -0.3 is 5.11 Å². The zero-order valence-corrected chi connectivity index (χ0v) is 7.61. The molecule has 0 atom stereocenters. The van der Waals surface area contributed by atoms with E-state index in [1.807, 2.05) is 18.2 Å². The highest BCUT2D eigenvalue weighted by molar-refractivity contribution is 5.35. The highest BCUT2D eigenvalue weighted by Gasteiger charge is 2.17. The third-order valence-electron chi connectivity index (χ3n) is 2.65. The van der Waals surface area contributed by atoms with Gasteiger partial charge in [0.15, 0.2) is 0 Å². The lowest BCUT2D eigenvalue weighted by molar-refractivity contribution is 0.421. The first kappa shape index (κ1) is 8.57. The Balaban J connectivity index is 2.18. The molecule has 1 heterocycles. The molecule has 2 rings (SSSR count). The van der Waals surface area contributed by atoms with Crippen LogP contribution in [-0.2, 0) is 0 Å². The highest BCUT2D eigenvalue weighted by atomic mass is 16.3. The molecule has 0 saturated carbocycles. The van der Waals surface area contributed by atoms with Gasteiger partial charge in [0, 0.05) is 13.1 Å². The fourth-order valence-corrected chi connectivity index (χ4v) is 1.89. The number of piperidine rings is 1. The van der Waals surface area contributed by atoms with E-state index in [2.05, 4.69) is 5.32 Å². The Morgan fingerprint density at radius 3 is 2.54 bits per heavy atom. The Kier molecular flexibility index (Phi) is 2.50. The third kappa shape index (κ3) is 1.83. The van der Waals surface area contributed by atoms with Crippen LogP contribution in [0, 0.1) is 0 Å². The number of phenols is 1. The summed E-state index contributed by atoms with van der Waals surface area (Å²) in [5.41, 5.74) is 1.09. The van der Waals surface area contributed by atoms with Gasteiger partial charge in [-0.15, -0.1) is 0 Å². The van der Waals surface area contributed by atoms with Crippen LogP contribution in [0.4, 0.5) is 0 Å². The second-order valence-corrected chi connectivity index (χ2v) is 3.50. The van der Waals surface area contributed by atoms with E-state index in [-0.39, 0.29) is 0 Å². The molecule has 69 valence electrons. The molecule has 0 aromatic heterocycles. The molecule has 1 aliphatic rings. The molecule has 2 heteroatoms. The van der Waals surface area contributed by atoms with Crippen LogP contribution in [0.2, 0.25) is 0 Å².